The van der Waals surface area contributed by atoms with Crippen molar-refractivity contribution in [3.8, 4) is 0 Å². The number of alkyl halides is 3. The number of aliphatic carboxylic acids is 1. The normalized spacial score (nSPS) is 13.0. The Bertz CT molecular complexity index is 528. The molecule has 19 heavy (non-hydrogen) atoms. The first-order valence-electron chi connectivity index (χ1n) is 4.33. The number of carboxylic acid groups (broad SMARTS) is 1. The predicted molar refractivity (Wildman–Crippen MR) is 53.6 cm³/mol. The number of ketones is 1. The molecule has 1 unspecified atom stereocenters. The van der Waals surface area contributed by atoms with Crippen LogP contribution in [0.25, 0.3) is 0 Å². The quantitative estimate of drug-likeness (QED) is 0.359. The number of carboxylic acids is 1. The SMILES string of the molecule is O=C(O)C(Sc1[nH]cnc1[N+](=O)[O-])C(=O)C(F)(F)F. The molecule has 1 aromatic heterocycles. The first-order chi connectivity index (χ1) is 8.64. The lowest BCUT2D eigenvalue weighted by atomic mass is 10.3. The number of carbonyl (C=O) groups excluding carboxylic acids is 1. The first kappa shape index (κ1) is 14.9. The highest BCUT2D eigenvalue weighted by Crippen LogP contribution is 2.32. The van der Waals surface area contributed by atoms with Gasteiger partial charge in [-0.05, 0) is 9.91 Å². The van der Waals surface area contributed by atoms with Crippen LogP contribution in [0.1, 0.15) is 0 Å². The molecule has 0 spiro atoms. The summed E-state index contributed by atoms with van der Waals surface area (Å²) < 4.78 is 36.5. The van der Waals surface area contributed by atoms with Gasteiger partial charge in [0.15, 0.2) is 10.3 Å². The summed E-state index contributed by atoms with van der Waals surface area (Å²) in [6.45, 7) is 0. The molecule has 1 heterocycles. The largest absolute Gasteiger partial charge is 0.480 e. The molecule has 0 aliphatic carbocycles. The molecule has 0 bridgehead atoms. The number of nitro groups is 1. The summed E-state index contributed by atoms with van der Waals surface area (Å²) >= 11 is -0.135. The van der Waals surface area contributed by atoms with Gasteiger partial charge in [-0.2, -0.15) is 13.2 Å². The second-order valence-electron chi connectivity index (χ2n) is 3.01. The molecule has 1 rings (SSSR count). The molecule has 2 N–H and O–H groups in total. The first-order valence-corrected chi connectivity index (χ1v) is 5.20. The maximum absolute atomic E-state index is 12.2. The molecule has 0 saturated carbocycles. The number of aromatic amines is 1. The molecule has 0 saturated heterocycles. The van der Waals surface area contributed by atoms with Crippen molar-refractivity contribution in [3.05, 3.63) is 16.4 Å². The fraction of sp³-hybridized carbons (Fsp3) is 0.286. The lowest BCUT2D eigenvalue weighted by molar-refractivity contribution is -0.392. The van der Waals surface area contributed by atoms with Crippen LogP contribution >= 0.6 is 11.8 Å². The number of nitrogens with one attached hydrogen (secondary N) is 1. The highest BCUT2D eigenvalue weighted by molar-refractivity contribution is 8.01. The van der Waals surface area contributed by atoms with E-state index >= 15 is 0 Å². The molecule has 0 aromatic carbocycles. The van der Waals surface area contributed by atoms with Crippen LogP contribution in [-0.4, -0.2) is 43.2 Å². The van der Waals surface area contributed by atoms with E-state index < -0.39 is 38.9 Å². The van der Waals surface area contributed by atoms with Crippen molar-refractivity contribution in [3.63, 3.8) is 0 Å². The van der Waals surface area contributed by atoms with Gasteiger partial charge in [-0.15, -0.1) is 0 Å². The Labute approximate surface area is 106 Å². The van der Waals surface area contributed by atoms with Crippen LogP contribution in [0.2, 0.25) is 0 Å². The van der Waals surface area contributed by atoms with Gasteiger partial charge in [0.2, 0.25) is 6.33 Å². The van der Waals surface area contributed by atoms with Gasteiger partial charge in [-0.3, -0.25) is 9.59 Å². The van der Waals surface area contributed by atoms with Crippen LogP contribution in [-0.2, 0) is 9.59 Å². The summed E-state index contributed by atoms with van der Waals surface area (Å²) in [6.07, 6.45) is -4.55. The molecule has 0 aliphatic rings. The third-order valence-corrected chi connectivity index (χ3v) is 2.92. The van der Waals surface area contributed by atoms with Crippen LogP contribution in [0.4, 0.5) is 19.0 Å². The van der Waals surface area contributed by atoms with Gasteiger partial charge in [0, 0.05) is 0 Å². The predicted octanol–water partition coefficient (Wildman–Crippen LogP) is 0.995. The molecule has 104 valence electrons. The summed E-state index contributed by atoms with van der Waals surface area (Å²) in [5.74, 6) is -5.43. The van der Waals surface area contributed by atoms with E-state index in [9.17, 15) is 32.9 Å². The van der Waals surface area contributed by atoms with Gasteiger partial charge >= 0.3 is 18.0 Å². The minimum atomic E-state index is -5.36. The third kappa shape index (κ3) is 3.43. The highest BCUT2D eigenvalue weighted by Gasteiger charge is 2.47. The van der Waals surface area contributed by atoms with Crippen LogP contribution in [0, 0.1) is 10.1 Å². The summed E-state index contributed by atoms with van der Waals surface area (Å²) in [6, 6.07) is 0. The Morgan fingerprint density at radius 1 is 1.53 bits per heavy atom. The van der Waals surface area contributed by atoms with E-state index in [4.69, 9.17) is 5.11 Å². The maximum atomic E-state index is 12.2. The average molecular weight is 299 g/mol. The second kappa shape index (κ2) is 5.26. The minimum Gasteiger partial charge on any atom is -0.480 e. The summed E-state index contributed by atoms with van der Waals surface area (Å²) in [4.78, 5) is 36.3. The molecular weight excluding hydrogens is 295 g/mol. The molecule has 0 amide bonds. The fourth-order valence-corrected chi connectivity index (χ4v) is 1.91. The second-order valence-corrected chi connectivity index (χ2v) is 4.13. The maximum Gasteiger partial charge on any atom is 0.451 e. The number of hydrogen-bond donors (Lipinski definition) is 2. The molecule has 0 radical (unpaired) electrons. The Hall–Kier alpha value is -2.11. The van der Waals surface area contributed by atoms with Crippen LogP contribution < -0.4 is 0 Å². The number of aromatic nitrogens is 2. The lowest BCUT2D eigenvalue weighted by Crippen LogP contribution is -2.37. The average Bonchev–Trinajstić information content (AvgIpc) is 2.71. The Kier molecular flexibility index (Phi) is 4.14. The number of hydrogen-bond acceptors (Lipinski definition) is 6. The van der Waals surface area contributed by atoms with Crippen molar-refractivity contribution < 1.29 is 32.8 Å². The van der Waals surface area contributed by atoms with E-state index in [1.807, 2.05) is 0 Å². The monoisotopic (exact) mass is 299 g/mol. The number of imidazole rings is 1. The van der Waals surface area contributed by atoms with Gasteiger partial charge in [-0.1, -0.05) is 11.8 Å². The van der Waals surface area contributed by atoms with E-state index in [1.54, 1.807) is 0 Å². The Morgan fingerprint density at radius 2 is 2.11 bits per heavy atom. The molecule has 1 atom stereocenters. The number of rotatable bonds is 5. The van der Waals surface area contributed by atoms with Crippen molar-refractivity contribution >= 4 is 29.3 Å². The number of Topliss-reactive ketones (excluding diaryl/α,β-unsaturated/α-hetero) is 1. The zero-order valence-electron chi connectivity index (χ0n) is 8.67. The zero-order chi connectivity index (χ0) is 14.8. The van der Waals surface area contributed by atoms with Gasteiger partial charge < -0.3 is 20.2 Å². The highest BCUT2D eigenvalue weighted by atomic mass is 32.2. The van der Waals surface area contributed by atoms with Crippen LogP contribution in [0.5, 0.6) is 0 Å². The lowest BCUT2D eigenvalue weighted by Gasteiger charge is -2.11. The number of H-pyrrole nitrogens is 1. The number of nitrogens with zero attached hydrogens (tertiary/aromatic N) is 2. The van der Waals surface area contributed by atoms with E-state index in [0.29, 0.717) is 0 Å². The third-order valence-electron chi connectivity index (χ3n) is 1.74. The van der Waals surface area contributed by atoms with Gasteiger partial charge in [-0.25, -0.2) is 0 Å². The van der Waals surface area contributed by atoms with Crippen molar-refractivity contribution in [2.24, 2.45) is 0 Å². The summed E-state index contributed by atoms with van der Waals surface area (Å²) in [5.41, 5.74) is 0. The smallest absolute Gasteiger partial charge is 0.451 e. The minimum absolute atomic E-state index is 0.135. The van der Waals surface area contributed by atoms with E-state index in [0.717, 1.165) is 6.33 Å². The van der Waals surface area contributed by atoms with Crippen molar-refractivity contribution in [2.45, 2.75) is 16.5 Å². The van der Waals surface area contributed by atoms with Gasteiger partial charge in [0.05, 0.1) is 0 Å². The van der Waals surface area contributed by atoms with E-state index in [1.165, 1.54) is 0 Å². The zero-order valence-corrected chi connectivity index (χ0v) is 9.49. The molecule has 8 nitrogen and oxygen atoms in total. The van der Waals surface area contributed by atoms with Crippen molar-refractivity contribution in [1.29, 1.82) is 0 Å². The van der Waals surface area contributed by atoms with Crippen molar-refractivity contribution in [2.75, 3.05) is 0 Å². The number of thioether (sulfide) groups is 1. The number of halogens is 3. The molecule has 12 heteroatoms. The standard InChI is InChI=1S/C7H4F3N3O5S/c8-7(9,10)3(14)2(6(15)16)19-5-4(13(17)18)11-1-12-5/h1-2H,(H,11,12)(H,15,16). The van der Waals surface area contributed by atoms with Crippen LogP contribution in [0.3, 0.4) is 0 Å². The Balaban J connectivity index is 3.04. The Morgan fingerprint density at radius 3 is 2.53 bits per heavy atom. The van der Waals surface area contributed by atoms with Crippen LogP contribution in [0.15, 0.2) is 11.4 Å². The fourth-order valence-electron chi connectivity index (χ4n) is 0.975. The summed E-state index contributed by atoms with van der Waals surface area (Å²) in [7, 11) is 0. The molecule has 0 aliphatic heterocycles. The van der Waals surface area contributed by atoms with Crippen molar-refractivity contribution in [1.82, 2.24) is 9.97 Å². The van der Waals surface area contributed by atoms with E-state index in [-0.39, 0.29) is 11.8 Å². The molecule has 1 aromatic rings. The molecular formula is C7H4F3N3O5S. The van der Waals surface area contributed by atoms with E-state index in [2.05, 4.69) is 9.97 Å². The van der Waals surface area contributed by atoms with Gasteiger partial charge in [0.1, 0.15) is 0 Å². The van der Waals surface area contributed by atoms with Gasteiger partial charge in [0.25, 0.3) is 5.78 Å². The topological polar surface area (TPSA) is 126 Å². The number of carbonyl (C=O) groups is 2. The summed E-state index contributed by atoms with van der Waals surface area (Å²) in [5, 5.41) is 16.0. The molecule has 0 fully saturated rings.